The van der Waals surface area contributed by atoms with Crippen LogP contribution in [0.1, 0.15) is 59.4 Å². The molecule has 0 bridgehead atoms. The van der Waals surface area contributed by atoms with E-state index < -0.39 is 59.2 Å². The van der Waals surface area contributed by atoms with Gasteiger partial charge in [0.15, 0.2) is 11.6 Å². The molecule has 1 saturated carbocycles. The summed E-state index contributed by atoms with van der Waals surface area (Å²) in [6, 6.07) is 0.368. The third-order valence-electron chi connectivity index (χ3n) is 8.15. The topological polar surface area (TPSA) is 90.5 Å². The normalized spacial score (nSPS) is 33.3. The number of halogens is 4. The molecule has 1 aromatic rings. The van der Waals surface area contributed by atoms with Crippen LogP contribution in [-0.4, -0.2) is 47.3 Å². The zero-order valence-corrected chi connectivity index (χ0v) is 23.6. The van der Waals surface area contributed by atoms with E-state index in [4.69, 9.17) is 11.6 Å². The van der Waals surface area contributed by atoms with Crippen molar-refractivity contribution >= 4 is 29.1 Å². The molecule has 0 aromatic heterocycles. The number of aliphatic hydroxyl groups is 1. The number of rotatable bonds is 7. The predicted molar refractivity (Wildman–Crippen MR) is 145 cm³/mol. The van der Waals surface area contributed by atoms with Gasteiger partial charge in [-0.25, -0.2) is 13.2 Å². The van der Waals surface area contributed by atoms with Gasteiger partial charge >= 0.3 is 0 Å². The van der Waals surface area contributed by atoms with Gasteiger partial charge in [0.2, 0.25) is 11.8 Å². The SMILES string of the molecule is CC(/C=C\C=C(\Cl)CF)[C@H]1[C@H](C(=O)N[C@H]2C[C@@](C)(O)C2)N[C@H](CC(C)(C)C)[C@]12C(=O)Nc1cc(F)c(F)cc12. The Labute approximate surface area is 232 Å². The van der Waals surface area contributed by atoms with Crippen molar-refractivity contribution in [3.63, 3.8) is 0 Å². The number of nitrogens with one attached hydrogen (secondary N) is 3. The van der Waals surface area contributed by atoms with E-state index in [9.17, 15) is 27.9 Å². The Morgan fingerprint density at radius 2 is 1.92 bits per heavy atom. The molecule has 2 heterocycles. The van der Waals surface area contributed by atoms with Gasteiger partial charge in [-0.1, -0.05) is 51.4 Å². The fraction of sp³-hybridized carbons (Fsp3) is 0.586. The number of benzene rings is 1. The van der Waals surface area contributed by atoms with E-state index in [-0.39, 0.29) is 28.1 Å². The molecule has 6 nitrogen and oxygen atoms in total. The fourth-order valence-corrected chi connectivity index (χ4v) is 6.72. The number of anilines is 1. The molecular weight excluding hydrogens is 531 g/mol. The van der Waals surface area contributed by atoms with Crippen LogP contribution in [0, 0.1) is 28.9 Å². The van der Waals surface area contributed by atoms with Gasteiger partial charge in [0.05, 0.1) is 17.1 Å². The predicted octanol–water partition coefficient (Wildman–Crippen LogP) is 4.86. The molecule has 1 saturated heterocycles. The van der Waals surface area contributed by atoms with Crippen molar-refractivity contribution in [2.45, 2.75) is 83.0 Å². The van der Waals surface area contributed by atoms with Crippen molar-refractivity contribution in [1.82, 2.24) is 10.6 Å². The minimum Gasteiger partial charge on any atom is -0.390 e. The summed E-state index contributed by atoms with van der Waals surface area (Å²) in [5, 5.41) is 19.3. The first-order valence-electron chi connectivity index (χ1n) is 13.3. The van der Waals surface area contributed by atoms with E-state index >= 15 is 0 Å². The van der Waals surface area contributed by atoms with Crippen molar-refractivity contribution in [1.29, 1.82) is 0 Å². The van der Waals surface area contributed by atoms with Gasteiger partial charge in [-0.3, -0.25) is 9.59 Å². The fourth-order valence-electron chi connectivity index (χ4n) is 6.65. The molecular formula is C29H37ClF3N3O3. The maximum absolute atomic E-state index is 14.7. The van der Waals surface area contributed by atoms with Crippen LogP contribution < -0.4 is 16.0 Å². The molecule has 1 unspecified atom stereocenters. The molecule has 2 fully saturated rings. The molecule has 214 valence electrons. The van der Waals surface area contributed by atoms with Crippen LogP contribution in [0.4, 0.5) is 18.9 Å². The summed E-state index contributed by atoms with van der Waals surface area (Å²) >= 11 is 5.83. The van der Waals surface area contributed by atoms with E-state index in [1.165, 1.54) is 6.08 Å². The third-order valence-corrected chi connectivity index (χ3v) is 8.38. The Bertz CT molecular complexity index is 1200. The first-order valence-corrected chi connectivity index (χ1v) is 13.7. The smallest absolute Gasteiger partial charge is 0.237 e. The van der Waals surface area contributed by atoms with E-state index in [1.807, 2.05) is 27.7 Å². The van der Waals surface area contributed by atoms with Crippen molar-refractivity contribution < 1.29 is 27.9 Å². The van der Waals surface area contributed by atoms with Crippen LogP contribution in [0.15, 0.2) is 35.4 Å². The Hall–Kier alpha value is -2.36. The van der Waals surface area contributed by atoms with Gasteiger partial charge in [-0.15, -0.1) is 0 Å². The lowest BCUT2D eigenvalue weighted by atomic mass is 9.61. The van der Waals surface area contributed by atoms with E-state index in [1.54, 1.807) is 19.1 Å². The highest BCUT2D eigenvalue weighted by molar-refractivity contribution is 6.29. The van der Waals surface area contributed by atoms with Crippen molar-refractivity contribution in [2.24, 2.45) is 17.3 Å². The zero-order chi connectivity index (χ0) is 28.9. The maximum atomic E-state index is 14.7. The molecule has 1 spiro atoms. The maximum Gasteiger partial charge on any atom is 0.237 e. The lowest BCUT2D eigenvalue weighted by molar-refractivity contribution is -0.128. The van der Waals surface area contributed by atoms with Gasteiger partial charge < -0.3 is 21.1 Å². The number of carbonyl (C=O) groups excluding carboxylic acids is 2. The van der Waals surface area contributed by atoms with Crippen LogP contribution in [-0.2, 0) is 15.0 Å². The summed E-state index contributed by atoms with van der Waals surface area (Å²) in [4.78, 5) is 27.8. The van der Waals surface area contributed by atoms with Crippen LogP contribution in [0.5, 0.6) is 0 Å². The number of alkyl halides is 1. The third kappa shape index (κ3) is 5.63. The first-order chi connectivity index (χ1) is 18.1. The van der Waals surface area contributed by atoms with Gasteiger partial charge in [-0.05, 0) is 55.2 Å². The number of hydrogen-bond acceptors (Lipinski definition) is 4. The molecule has 4 N–H and O–H groups in total. The second kappa shape index (κ2) is 10.6. The van der Waals surface area contributed by atoms with E-state index in [0.717, 1.165) is 12.1 Å². The molecule has 5 atom stereocenters. The molecule has 3 aliphatic rings. The Morgan fingerprint density at radius 3 is 2.51 bits per heavy atom. The van der Waals surface area contributed by atoms with Crippen LogP contribution in [0.25, 0.3) is 0 Å². The molecule has 1 aromatic carbocycles. The summed E-state index contributed by atoms with van der Waals surface area (Å²) in [5.74, 6) is -4.10. The summed E-state index contributed by atoms with van der Waals surface area (Å²) in [6.07, 6.45) is 5.99. The van der Waals surface area contributed by atoms with Crippen LogP contribution in [0.2, 0.25) is 0 Å². The average Bonchev–Trinajstić information content (AvgIpc) is 3.27. The lowest BCUT2D eigenvalue weighted by Gasteiger charge is -2.42. The second-order valence-electron chi connectivity index (χ2n) is 12.7. The molecule has 2 amide bonds. The first kappa shape index (κ1) is 29.6. The van der Waals surface area contributed by atoms with Gasteiger partial charge in [0.25, 0.3) is 0 Å². The molecule has 39 heavy (non-hydrogen) atoms. The summed E-state index contributed by atoms with van der Waals surface area (Å²) < 4.78 is 41.8. The zero-order valence-electron chi connectivity index (χ0n) is 22.9. The number of hydrogen-bond donors (Lipinski definition) is 4. The van der Waals surface area contributed by atoms with Gasteiger partial charge in [-0.2, -0.15) is 0 Å². The minimum atomic E-state index is -1.40. The summed E-state index contributed by atoms with van der Waals surface area (Å²) in [5.41, 5.74) is -2.05. The highest BCUT2D eigenvalue weighted by Crippen LogP contribution is 2.55. The van der Waals surface area contributed by atoms with E-state index in [0.29, 0.717) is 24.8 Å². The largest absolute Gasteiger partial charge is 0.390 e. The molecule has 1 aliphatic carbocycles. The van der Waals surface area contributed by atoms with Crippen LogP contribution in [0.3, 0.4) is 0 Å². The number of allylic oxidation sites excluding steroid dienone is 4. The Kier molecular flexibility index (Phi) is 8.02. The quantitative estimate of drug-likeness (QED) is 0.354. The number of amides is 2. The Morgan fingerprint density at radius 1 is 1.28 bits per heavy atom. The van der Waals surface area contributed by atoms with E-state index in [2.05, 4.69) is 16.0 Å². The van der Waals surface area contributed by atoms with Gasteiger partial charge in [0, 0.05) is 34.8 Å². The molecule has 0 radical (unpaired) electrons. The summed E-state index contributed by atoms with van der Waals surface area (Å²) in [7, 11) is 0. The summed E-state index contributed by atoms with van der Waals surface area (Å²) in [6.45, 7) is 8.73. The standard InChI is InChI=1S/C29H37ClF3N3O3/c1-15(7-6-8-16(30)14-31)23-24(25(37)34-17-11-28(5,39)12-17)36-22(13-27(2,3)4)29(23)18-9-19(32)20(33)10-21(18)35-26(29)38/h6-10,15,17,22-24,36,39H,11-14H2,1-5H3,(H,34,37)(H,35,38)/b7-6-,16-8+/t15?,17-,22-,23+,24-,28+,29+/m1/s1. The lowest BCUT2D eigenvalue weighted by Crippen LogP contribution is -2.58. The minimum absolute atomic E-state index is 0.00357. The van der Waals surface area contributed by atoms with Crippen molar-refractivity contribution in [2.75, 3.05) is 12.0 Å². The Balaban J connectivity index is 1.84. The molecule has 4 rings (SSSR count). The number of fused-ring (bicyclic) bond motifs is 2. The van der Waals surface area contributed by atoms with Crippen LogP contribution >= 0.6 is 11.6 Å². The molecule has 10 heteroatoms. The molecule has 2 aliphatic heterocycles. The highest BCUT2D eigenvalue weighted by Gasteiger charge is 2.66. The number of carbonyl (C=O) groups is 2. The monoisotopic (exact) mass is 567 g/mol. The second-order valence-corrected chi connectivity index (χ2v) is 13.2. The average molecular weight is 568 g/mol. The van der Waals surface area contributed by atoms with Crippen molar-refractivity contribution in [3.8, 4) is 0 Å². The van der Waals surface area contributed by atoms with Gasteiger partial charge in [0.1, 0.15) is 6.67 Å². The van der Waals surface area contributed by atoms with Crippen molar-refractivity contribution in [3.05, 3.63) is 52.6 Å². The highest BCUT2D eigenvalue weighted by atomic mass is 35.5.